The number of carbonyl (C=O) groups excluding carboxylic acids is 1. The van der Waals surface area contributed by atoms with Gasteiger partial charge < -0.3 is 24.8 Å². The van der Waals surface area contributed by atoms with E-state index in [1.54, 1.807) is 0 Å². The highest BCUT2D eigenvalue weighted by molar-refractivity contribution is 5.78. The molecule has 1 amide bonds. The summed E-state index contributed by atoms with van der Waals surface area (Å²) in [5, 5.41) is 12.2. The predicted octanol–water partition coefficient (Wildman–Crippen LogP) is 3.22. The van der Waals surface area contributed by atoms with E-state index < -0.39 is 5.97 Å². The summed E-state index contributed by atoms with van der Waals surface area (Å²) in [5.74, 6) is 0.0131. The fraction of sp³-hybridized carbons (Fsp3) is 0.500. The van der Waals surface area contributed by atoms with Crippen molar-refractivity contribution in [3.05, 3.63) is 59.2 Å². The first-order valence-corrected chi connectivity index (χ1v) is 12.9. The molecule has 1 saturated heterocycles. The molecule has 8 nitrogen and oxygen atoms in total. The van der Waals surface area contributed by atoms with Crippen molar-refractivity contribution in [2.75, 3.05) is 50.9 Å². The van der Waals surface area contributed by atoms with Crippen LogP contribution in [0.4, 0.5) is 5.69 Å². The number of ether oxygens (including phenoxy) is 2. The quantitative estimate of drug-likeness (QED) is 0.636. The first-order chi connectivity index (χ1) is 17.6. The van der Waals surface area contributed by atoms with E-state index in [1.807, 2.05) is 18.2 Å². The van der Waals surface area contributed by atoms with Crippen LogP contribution in [0.5, 0.6) is 5.75 Å². The maximum Gasteiger partial charge on any atom is 0.303 e. The van der Waals surface area contributed by atoms with Crippen molar-refractivity contribution in [3.63, 3.8) is 0 Å². The zero-order valence-corrected chi connectivity index (χ0v) is 20.9. The van der Waals surface area contributed by atoms with Crippen LogP contribution in [0, 0.1) is 0 Å². The van der Waals surface area contributed by atoms with Gasteiger partial charge in [0.05, 0.1) is 26.4 Å². The number of carbonyl (C=O) groups is 2. The number of rotatable bonds is 6. The Balaban J connectivity index is 1.53. The molecule has 0 aromatic heterocycles. The topological polar surface area (TPSA) is 91.3 Å². The molecule has 4 rings (SSSR count). The van der Waals surface area contributed by atoms with E-state index in [9.17, 15) is 9.59 Å². The number of carboxylic acids is 1. The number of benzene rings is 2. The van der Waals surface area contributed by atoms with Crippen LogP contribution in [0.25, 0.3) is 0 Å². The van der Waals surface area contributed by atoms with Crippen LogP contribution in [0.3, 0.4) is 0 Å². The molecule has 2 aromatic carbocycles. The Kier molecular flexibility index (Phi) is 9.58. The van der Waals surface area contributed by atoms with Gasteiger partial charge in [0.15, 0.2) is 0 Å². The number of hydrogen-bond donors (Lipinski definition) is 2. The van der Waals surface area contributed by atoms with Crippen LogP contribution in [0.2, 0.25) is 0 Å². The van der Waals surface area contributed by atoms with Crippen LogP contribution in [-0.4, -0.2) is 67.9 Å². The molecule has 2 aromatic rings. The third-order valence-electron chi connectivity index (χ3n) is 6.63. The SMILES string of the molecule is O=C(O)CCc1ccc2c(c1)CN(Cc1ccc(N3CCOCC3)cc1)CC(=O)NCCCCCO2. The minimum absolute atomic E-state index is 0.0173. The number of morpholine rings is 1. The summed E-state index contributed by atoms with van der Waals surface area (Å²) in [6, 6.07) is 14.5. The Morgan fingerprint density at radius 3 is 2.50 bits per heavy atom. The van der Waals surface area contributed by atoms with E-state index >= 15 is 0 Å². The number of amides is 1. The second-order valence-electron chi connectivity index (χ2n) is 9.51. The minimum atomic E-state index is -0.811. The fourth-order valence-electron chi connectivity index (χ4n) is 4.68. The third kappa shape index (κ3) is 7.96. The minimum Gasteiger partial charge on any atom is -0.493 e. The lowest BCUT2D eigenvalue weighted by molar-refractivity contribution is -0.137. The molecule has 2 aliphatic rings. The van der Waals surface area contributed by atoms with Crippen molar-refractivity contribution in [2.45, 2.75) is 45.2 Å². The second kappa shape index (κ2) is 13.3. The number of nitrogens with zero attached hydrogens (tertiary/aromatic N) is 2. The second-order valence-corrected chi connectivity index (χ2v) is 9.51. The first kappa shape index (κ1) is 26.0. The fourth-order valence-corrected chi connectivity index (χ4v) is 4.68. The molecule has 1 fully saturated rings. The summed E-state index contributed by atoms with van der Waals surface area (Å²) in [5.41, 5.74) is 4.26. The van der Waals surface area contributed by atoms with Gasteiger partial charge in [-0.1, -0.05) is 24.3 Å². The van der Waals surface area contributed by atoms with Gasteiger partial charge in [-0.15, -0.1) is 0 Å². The molecule has 0 unspecified atom stereocenters. The van der Waals surface area contributed by atoms with Gasteiger partial charge in [-0.25, -0.2) is 0 Å². The summed E-state index contributed by atoms with van der Waals surface area (Å²) in [7, 11) is 0. The van der Waals surface area contributed by atoms with E-state index in [2.05, 4.69) is 39.4 Å². The Labute approximate surface area is 213 Å². The smallest absolute Gasteiger partial charge is 0.303 e. The first-order valence-electron chi connectivity index (χ1n) is 12.9. The zero-order chi connectivity index (χ0) is 25.2. The summed E-state index contributed by atoms with van der Waals surface area (Å²) in [6.07, 6.45) is 3.40. The number of nitrogens with one attached hydrogen (secondary N) is 1. The number of carboxylic acid groups (broad SMARTS) is 1. The average Bonchev–Trinajstić information content (AvgIpc) is 2.89. The monoisotopic (exact) mass is 495 g/mol. The molecule has 0 radical (unpaired) electrons. The van der Waals surface area contributed by atoms with Crippen LogP contribution in [0.15, 0.2) is 42.5 Å². The van der Waals surface area contributed by atoms with Gasteiger partial charge in [-0.3, -0.25) is 14.5 Å². The summed E-state index contributed by atoms with van der Waals surface area (Å²) in [4.78, 5) is 28.3. The van der Waals surface area contributed by atoms with E-state index in [0.717, 1.165) is 68.0 Å². The number of hydrogen-bond acceptors (Lipinski definition) is 6. The van der Waals surface area contributed by atoms with E-state index in [0.29, 0.717) is 32.7 Å². The highest BCUT2D eigenvalue weighted by Gasteiger charge is 2.17. The molecule has 0 bridgehead atoms. The number of fused-ring (bicyclic) bond motifs is 1. The van der Waals surface area contributed by atoms with Gasteiger partial charge in [0.2, 0.25) is 5.91 Å². The summed E-state index contributed by atoms with van der Waals surface area (Å²) >= 11 is 0. The van der Waals surface area contributed by atoms with E-state index in [4.69, 9.17) is 14.6 Å². The van der Waals surface area contributed by atoms with E-state index in [-0.39, 0.29) is 18.9 Å². The Bertz CT molecular complexity index is 1000. The Morgan fingerprint density at radius 2 is 1.72 bits per heavy atom. The number of anilines is 1. The van der Waals surface area contributed by atoms with Crippen LogP contribution >= 0.6 is 0 Å². The molecule has 2 aliphatic heterocycles. The molecular formula is C28H37N3O5. The highest BCUT2D eigenvalue weighted by atomic mass is 16.5. The van der Waals surface area contributed by atoms with Crippen LogP contribution in [0.1, 0.15) is 42.4 Å². The molecule has 0 atom stereocenters. The predicted molar refractivity (Wildman–Crippen MR) is 138 cm³/mol. The molecule has 2 N–H and O–H groups in total. The van der Waals surface area contributed by atoms with Crippen molar-refractivity contribution >= 4 is 17.6 Å². The molecular weight excluding hydrogens is 458 g/mol. The molecule has 8 heteroatoms. The van der Waals surface area contributed by atoms with Gasteiger partial charge in [0.1, 0.15) is 5.75 Å². The maximum atomic E-state index is 12.7. The van der Waals surface area contributed by atoms with Gasteiger partial charge in [0, 0.05) is 50.4 Å². The van der Waals surface area contributed by atoms with E-state index in [1.165, 1.54) is 5.69 Å². The van der Waals surface area contributed by atoms with Gasteiger partial charge in [-0.05, 0) is 55.0 Å². The van der Waals surface area contributed by atoms with Gasteiger partial charge in [0.25, 0.3) is 0 Å². The van der Waals surface area contributed by atoms with Crippen molar-refractivity contribution < 1.29 is 24.2 Å². The summed E-state index contributed by atoms with van der Waals surface area (Å²) < 4.78 is 11.6. The Morgan fingerprint density at radius 1 is 0.944 bits per heavy atom. The molecule has 0 saturated carbocycles. The van der Waals surface area contributed by atoms with Gasteiger partial charge >= 0.3 is 5.97 Å². The molecule has 0 aliphatic carbocycles. The van der Waals surface area contributed by atoms with Crippen molar-refractivity contribution in [2.24, 2.45) is 0 Å². The molecule has 194 valence electrons. The lowest BCUT2D eigenvalue weighted by atomic mass is 10.0. The standard InChI is InChI=1S/C28H37N3O5/c32-27-21-30(19-23-4-8-25(9-5-23)31-13-16-35-17-14-31)20-24-18-22(7-11-28(33)34)6-10-26(24)36-15-3-1-2-12-29-27/h4-6,8-10,18H,1-3,7,11-17,19-21H2,(H,29,32)(H,33,34). The lowest BCUT2D eigenvalue weighted by Gasteiger charge is -2.29. The van der Waals surface area contributed by atoms with Gasteiger partial charge in [-0.2, -0.15) is 0 Å². The van der Waals surface area contributed by atoms with Crippen molar-refractivity contribution in [1.82, 2.24) is 10.2 Å². The van der Waals surface area contributed by atoms with Crippen molar-refractivity contribution in [1.29, 1.82) is 0 Å². The van der Waals surface area contributed by atoms with Crippen LogP contribution < -0.4 is 15.0 Å². The highest BCUT2D eigenvalue weighted by Crippen LogP contribution is 2.25. The average molecular weight is 496 g/mol. The number of aryl methyl sites for hydroxylation is 1. The van der Waals surface area contributed by atoms with Crippen molar-refractivity contribution in [3.8, 4) is 5.75 Å². The molecule has 2 heterocycles. The number of aliphatic carboxylic acids is 1. The lowest BCUT2D eigenvalue weighted by Crippen LogP contribution is -2.37. The molecule has 0 spiro atoms. The molecule has 36 heavy (non-hydrogen) atoms. The largest absolute Gasteiger partial charge is 0.493 e. The summed E-state index contributed by atoms with van der Waals surface area (Å²) in [6.45, 7) is 6.03. The Hall–Kier alpha value is -3.10. The van der Waals surface area contributed by atoms with Crippen LogP contribution in [-0.2, 0) is 33.8 Å². The normalized spacial score (nSPS) is 18.1. The third-order valence-corrected chi connectivity index (χ3v) is 6.63. The maximum absolute atomic E-state index is 12.7. The zero-order valence-electron chi connectivity index (χ0n) is 20.9.